The molecule has 1 aromatic rings. The summed E-state index contributed by atoms with van der Waals surface area (Å²) in [4.78, 5) is 0. The van der Waals surface area contributed by atoms with Crippen LogP contribution in [0.15, 0.2) is 24.3 Å². The van der Waals surface area contributed by atoms with E-state index in [-0.39, 0.29) is 10.8 Å². The number of ether oxygens (including phenoxy) is 1. The first kappa shape index (κ1) is 13.4. The molecule has 2 heteroatoms. The third kappa shape index (κ3) is 3.71. The molecule has 0 bridgehead atoms. The Morgan fingerprint density at radius 3 is 2.44 bits per heavy atom. The van der Waals surface area contributed by atoms with E-state index in [1.807, 2.05) is 18.2 Å². The maximum atomic E-state index is 6.36. The van der Waals surface area contributed by atoms with Crippen molar-refractivity contribution >= 4 is 11.6 Å². The normalized spacial score (nSPS) is 13.6. The number of para-hydroxylation sites is 1. The van der Waals surface area contributed by atoms with Crippen LogP contribution in [-0.4, -0.2) is 12.5 Å². The Bertz CT molecular complexity index is 328. The second-order valence-corrected chi connectivity index (χ2v) is 5.71. The highest BCUT2D eigenvalue weighted by molar-refractivity contribution is 6.21. The summed E-state index contributed by atoms with van der Waals surface area (Å²) in [5.74, 6) is 0.959. The minimum absolute atomic E-state index is 0.156. The van der Waals surface area contributed by atoms with Crippen LogP contribution in [0, 0.1) is 5.41 Å². The van der Waals surface area contributed by atoms with Crippen molar-refractivity contribution in [3.05, 3.63) is 29.8 Å². The highest BCUT2D eigenvalue weighted by Gasteiger charge is 2.22. The van der Waals surface area contributed by atoms with Gasteiger partial charge in [0.1, 0.15) is 5.75 Å². The van der Waals surface area contributed by atoms with E-state index in [2.05, 4.69) is 26.8 Å². The summed E-state index contributed by atoms with van der Waals surface area (Å²) in [5, 5.41) is 0.192. The SMILES string of the molecule is COc1ccccc1CCC(Cl)C(C)(C)C. The molecule has 0 aliphatic heterocycles. The molecule has 16 heavy (non-hydrogen) atoms. The number of hydrogen-bond acceptors (Lipinski definition) is 1. The summed E-state index contributed by atoms with van der Waals surface area (Å²) in [6.07, 6.45) is 1.95. The van der Waals surface area contributed by atoms with Crippen molar-refractivity contribution in [3.63, 3.8) is 0 Å². The Labute approximate surface area is 104 Å². The minimum atomic E-state index is 0.156. The van der Waals surface area contributed by atoms with Crippen LogP contribution in [0.1, 0.15) is 32.8 Å². The molecule has 1 atom stereocenters. The van der Waals surface area contributed by atoms with E-state index in [4.69, 9.17) is 16.3 Å². The zero-order chi connectivity index (χ0) is 12.2. The van der Waals surface area contributed by atoms with Crippen LogP contribution in [0.2, 0.25) is 0 Å². The molecule has 1 nitrogen and oxygen atoms in total. The Kier molecular flexibility index (Phi) is 4.67. The smallest absolute Gasteiger partial charge is 0.122 e. The summed E-state index contributed by atoms with van der Waals surface area (Å²) in [5.41, 5.74) is 1.39. The van der Waals surface area contributed by atoms with Crippen molar-refractivity contribution in [2.75, 3.05) is 7.11 Å². The lowest BCUT2D eigenvalue weighted by molar-refractivity contribution is 0.370. The monoisotopic (exact) mass is 240 g/mol. The topological polar surface area (TPSA) is 9.23 Å². The maximum Gasteiger partial charge on any atom is 0.122 e. The molecular formula is C14H21ClO. The van der Waals surface area contributed by atoms with Gasteiger partial charge < -0.3 is 4.74 Å². The van der Waals surface area contributed by atoms with E-state index in [1.165, 1.54) is 5.56 Å². The van der Waals surface area contributed by atoms with Crippen LogP contribution in [0.25, 0.3) is 0 Å². The van der Waals surface area contributed by atoms with Gasteiger partial charge in [0.05, 0.1) is 7.11 Å². The third-order valence-electron chi connectivity index (χ3n) is 2.80. The molecule has 1 aromatic carbocycles. The molecule has 0 aliphatic carbocycles. The van der Waals surface area contributed by atoms with Gasteiger partial charge in [0.25, 0.3) is 0 Å². The number of hydrogen-bond donors (Lipinski definition) is 0. The molecule has 0 aromatic heterocycles. The predicted octanol–water partition coefficient (Wildman–Crippen LogP) is 4.28. The maximum absolute atomic E-state index is 6.36. The Balaban J connectivity index is 2.61. The quantitative estimate of drug-likeness (QED) is 0.714. The van der Waals surface area contributed by atoms with Crippen LogP contribution >= 0.6 is 11.6 Å². The van der Waals surface area contributed by atoms with E-state index in [0.717, 1.165) is 18.6 Å². The molecule has 0 radical (unpaired) electrons. The Hall–Kier alpha value is -0.690. The van der Waals surface area contributed by atoms with Gasteiger partial charge in [-0.15, -0.1) is 11.6 Å². The number of benzene rings is 1. The molecule has 0 heterocycles. The van der Waals surface area contributed by atoms with Gasteiger partial charge in [-0.2, -0.15) is 0 Å². The summed E-state index contributed by atoms with van der Waals surface area (Å²) in [6.45, 7) is 6.52. The van der Waals surface area contributed by atoms with Crippen LogP contribution in [0.4, 0.5) is 0 Å². The predicted molar refractivity (Wildman–Crippen MR) is 70.4 cm³/mol. The fraction of sp³-hybridized carbons (Fsp3) is 0.571. The highest BCUT2D eigenvalue weighted by Crippen LogP contribution is 2.29. The number of aryl methyl sites for hydroxylation is 1. The largest absolute Gasteiger partial charge is 0.496 e. The summed E-state index contributed by atoms with van der Waals surface area (Å²) in [7, 11) is 1.71. The summed E-state index contributed by atoms with van der Waals surface area (Å²) < 4.78 is 5.32. The fourth-order valence-electron chi connectivity index (χ4n) is 1.62. The minimum Gasteiger partial charge on any atom is -0.496 e. The fourth-order valence-corrected chi connectivity index (χ4v) is 1.73. The molecule has 0 spiro atoms. The summed E-state index contributed by atoms with van der Waals surface area (Å²) >= 11 is 6.36. The second-order valence-electron chi connectivity index (χ2n) is 5.18. The number of halogens is 1. The van der Waals surface area contributed by atoms with Gasteiger partial charge in [-0.3, -0.25) is 0 Å². The van der Waals surface area contributed by atoms with E-state index >= 15 is 0 Å². The molecule has 0 aliphatic rings. The number of methoxy groups -OCH3 is 1. The molecule has 0 N–H and O–H groups in total. The van der Waals surface area contributed by atoms with E-state index in [0.29, 0.717) is 0 Å². The molecule has 90 valence electrons. The van der Waals surface area contributed by atoms with Crippen molar-refractivity contribution in [3.8, 4) is 5.75 Å². The molecule has 1 rings (SSSR count). The molecule has 1 unspecified atom stereocenters. The van der Waals surface area contributed by atoms with Crippen LogP contribution < -0.4 is 4.74 Å². The lowest BCUT2D eigenvalue weighted by atomic mass is 9.88. The average molecular weight is 241 g/mol. The van der Waals surface area contributed by atoms with E-state index < -0.39 is 0 Å². The van der Waals surface area contributed by atoms with Crippen molar-refractivity contribution in [1.82, 2.24) is 0 Å². The number of alkyl halides is 1. The van der Waals surface area contributed by atoms with E-state index in [9.17, 15) is 0 Å². The third-order valence-corrected chi connectivity index (χ3v) is 3.67. The van der Waals surface area contributed by atoms with Gasteiger partial charge in [0, 0.05) is 5.38 Å². The number of rotatable bonds is 4. The molecule has 0 saturated heterocycles. The van der Waals surface area contributed by atoms with Gasteiger partial charge in [-0.25, -0.2) is 0 Å². The lowest BCUT2D eigenvalue weighted by Gasteiger charge is -2.25. The van der Waals surface area contributed by atoms with Gasteiger partial charge >= 0.3 is 0 Å². The van der Waals surface area contributed by atoms with Gasteiger partial charge in [0.2, 0.25) is 0 Å². The zero-order valence-corrected chi connectivity index (χ0v) is 11.3. The van der Waals surface area contributed by atoms with E-state index in [1.54, 1.807) is 7.11 Å². The Morgan fingerprint density at radius 1 is 1.25 bits per heavy atom. The van der Waals surface area contributed by atoms with Crippen molar-refractivity contribution < 1.29 is 4.74 Å². The van der Waals surface area contributed by atoms with Crippen LogP contribution in [0.5, 0.6) is 5.75 Å². The van der Waals surface area contributed by atoms with Crippen LogP contribution in [-0.2, 0) is 6.42 Å². The first-order valence-electron chi connectivity index (χ1n) is 5.71. The Morgan fingerprint density at radius 2 is 1.88 bits per heavy atom. The van der Waals surface area contributed by atoms with Gasteiger partial charge in [0.15, 0.2) is 0 Å². The molecule has 0 saturated carbocycles. The first-order valence-corrected chi connectivity index (χ1v) is 6.14. The lowest BCUT2D eigenvalue weighted by Crippen LogP contribution is -2.21. The summed E-state index contributed by atoms with van der Waals surface area (Å²) in [6, 6.07) is 8.13. The molecular weight excluding hydrogens is 220 g/mol. The average Bonchev–Trinajstić information content (AvgIpc) is 2.24. The zero-order valence-electron chi connectivity index (χ0n) is 10.6. The van der Waals surface area contributed by atoms with Gasteiger partial charge in [-0.05, 0) is 29.9 Å². The standard InChI is InChI=1S/C14H21ClO/c1-14(2,3)13(15)10-9-11-7-5-6-8-12(11)16-4/h5-8,13H,9-10H2,1-4H3. The van der Waals surface area contributed by atoms with Crippen molar-refractivity contribution in [2.24, 2.45) is 5.41 Å². The van der Waals surface area contributed by atoms with Crippen LogP contribution in [0.3, 0.4) is 0 Å². The second kappa shape index (κ2) is 5.58. The van der Waals surface area contributed by atoms with Crippen molar-refractivity contribution in [2.45, 2.75) is 39.0 Å². The molecule has 0 fully saturated rings. The molecule has 0 amide bonds. The first-order chi connectivity index (χ1) is 7.45. The van der Waals surface area contributed by atoms with Gasteiger partial charge in [-0.1, -0.05) is 39.0 Å². The highest BCUT2D eigenvalue weighted by atomic mass is 35.5. The van der Waals surface area contributed by atoms with Crippen molar-refractivity contribution in [1.29, 1.82) is 0 Å².